The van der Waals surface area contributed by atoms with Crippen LogP contribution in [-0.2, 0) is 6.42 Å². The van der Waals surface area contributed by atoms with Crippen LogP contribution < -0.4 is 10.1 Å². The zero-order valence-corrected chi connectivity index (χ0v) is 10.6. The summed E-state index contributed by atoms with van der Waals surface area (Å²) in [4.78, 5) is 0. The first-order valence-corrected chi connectivity index (χ1v) is 6.95. The summed E-state index contributed by atoms with van der Waals surface area (Å²) in [5, 5.41) is 12.9. The maximum atomic E-state index is 9.30. The van der Waals surface area contributed by atoms with Crippen molar-refractivity contribution in [3.63, 3.8) is 0 Å². The average molecular weight is 247 g/mol. The van der Waals surface area contributed by atoms with Gasteiger partial charge in [0.1, 0.15) is 11.9 Å². The molecule has 2 N–H and O–H groups in total. The van der Waals surface area contributed by atoms with Crippen LogP contribution >= 0.6 is 0 Å². The van der Waals surface area contributed by atoms with Crippen LogP contribution in [0.3, 0.4) is 0 Å². The summed E-state index contributed by atoms with van der Waals surface area (Å²) in [6, 6.07) is 8.75. The Bertz CT molecular complexity index is 382. The maximum Gasteiger partial charge on any atom is 0.123 e. The second-order valence-electron chi connectivity index (χ2n) is 5.44. The molecule has 1 heterocycles. The predicted molar refractivity (Wildman–Crippen MR) is 70.8 cm³/mol. The summed E-state index contributed by atoms with van der Waals surface area (Å²) in [5.41, 5.74) is 1.31. The number of ether oxygens (including phenoxy) is 1. The van der Waals surface area contributed by atoms with Crippen LogP contribution in [0.15, 0.2) is 24.3 Å². The Morgan fingerprint density at radius 1 is 1.28 bits per heavy atom. The van der Waals surface area contributed by atoms with Crippen molar-refractivity contribution in [1.29, 1.82) is 0 Å². The topological polar surface area (TPSA) is 41.5 Å². The van der Waals surface area contributed by atoms with E-state index in [0.717, 1.165) is 25.1 Å². The molecule has 0 spiro atoms. The Morgan fingerprint density at radius 3 is 3.00 bits per heavy atom. The van der Waals surface area contributed by atoms with Gasteiger partial charge in [0.2, 0.25) is 0 Å². The molecule has 0 saturated heterocycles. The predicted octanol–water partition coefficient (Wildman–Crippen LogP) is 1.74. The Morgan fingerprint density at radius 2 is 2.17 bits per heavy atom. The molecule has 3 rings (SSSR count). The van der Waals surface area contributed by atoms with Gasteiger partial charge in [0.15, 0.2) is 0 Å². The van der Waals surface area contributed by atoms with Gasteiger partial charge in [-0.25, -0.2) is 0 Å². The van der Waals surface area contributed by atoms with E-state index in [4.69, 9.17) is 4.74 Å². The SMILES string of the molecule is OCC1CCCC1NCC1Cc2ccccc2O1. The van der Waals surface area contributed by atoms with Crippen molar-refractivity contribution in [3.8, 4) is 5.75 Å². The highest BCUT2D eigenvalue weighted by atomic mass is 16.5. The first-order valence-electron chi connectivity index (χ1n) is 6.95. The Labute approximate surface area is 108 Å². The number of benzene rings is 1. The molecule has 98 valence electrons. The number of hydrogen-bond donors (Lipinski definition) is 2. The van der Waals surface area contributed by atoms with E-state index in [2.05, 4.69) is 17.4 Å². The van der Waals surface area contributed by atoms with E-state index in [1.54, 1.807) is 0 Å². The molecule has 0 amide bonds. The summed E-state index contributed by atoms with van der Waals surface area (Å²) in [6.07, 6.45) is 4.82. The fourth-order valence-electron chi connectivity index (χ4n) is 3.17. The summed E-state index contributed by atoms with van der Waals surface area (Å²) in [7, 11) is 0. The van der Waals surface area contributed by atoms with E-state index in [0.29, 0.717) is 18.6 Å². The zero-order chi connectivity index (χ0) is 12.4. The summed E-state index contributed by atoms with van der Waals surface area (Å²) in [5.74, 6) is 1.48. The van der Waals surface area contributed by atoms with Crippen molar-refractivity contribution in [2.24, 2.45) is 5.92 Å². The highest BCUT2D eigenvalue weighted by Gasteiger charge is 2.28. The molecule has 1 fully saturated rings. The third kappa shape index (κ3) is 2.38. The molecule has 3 nitrogen and oxygen atoms in total. The first kappa shape index (κ1) is 12.0. The van der Waals surface area contributed by atoms with Crippen LogP contribution in [0.1, 0.15) is 24.8 Å². The fraction of sp³-hybridized carbons (Fsp3) is 0.600. The van der Waals surface area contributed by atoms with E-state index in [9.17, 15) is 5.11 Å². The normalized spacial score (nSPS) is 30.2. The lowest BCUT2D eigenvalue weighted by atomic mass is 10.0. The molecule has 0 radical (unpaired) electrons. The molecule has 1 aromatic rings. The van der Waals surface area contributed by atoms with Crippen LogP contribution in [0.25, 0.3) is 0 Å². The number of aliphatic hydroxyl groups excluding tert-OH is 1. The Balaban J connectivity index is 1.51. The van der Waals surface area contributed by atoms with Gasteiger partial charge >= 0.3 is 0 Å². The molecule has 18 heavy (non-hydrogen) atoms. The Hall–Kier alpha value is -1.06. The molecule has 1 aromatic carbocycles. The summed E-state index contributed by atoms with van der Waals surface area (Å²) in [6.45, 7) is 1.19. The van der Waals surface area contributed by atoms with Crippen molar-refractivity contribution in [2.75, 3.05) is 13.2 Å². The van der Waals surface area contributed by atoms with Crippen molar-refractivity contribution in [2.45, 2.75) is 37.8 Å². The lowest BCUT2D eigenvalue weighted by Gasteiger charge is -2.21. The summed E-state index contributed by atoms with van der Waals surface area (Å²) >= 11 is 0. The van der Waals surface area contributed by atoms with Gasteiger partial charge in [-0.15, -0.1) is 0 Å². The van der Waals surface area contributed by atoms with Gasteiger partial charge in [0.25, 0.3) is 0 Å². The van der Waals surface area contributed by atoms with E-state index in [1.807, 2.05) is 12.1 Å². The Kier molecular flexibility index (Phi) is 3.52. The minimum atomic E-state index is 0.252. The smallest absolute Gasteiger partial charge is 0.123 e. The number of nitrogens with one attached hydrogen (secondary N) is 1. The first-order chi connectivity index (χ1) is 8.86. The molecule has 3 atom stereocenters. The van der Waals surface area contributed by atoms with Crippen molar-refractivity contribution < 1.29 is 9.84 Å². The van der Waals surface area contributed by atoms with Gasteiger partial charge in [0, 0.05) is 25.6 Å². The molecule has 1 aliphatic carbocycles. The van der Waals surface area contributed by atoms with Gasteiger partial charge in [-0.1, -0.05) is 24.6 Å². The van der Waals surface area contributed by atoms with Crippen LogP contribution in [0.5, 0.6) is 5.75 Å². The largest absolute Gasteiger partial charge is 0.488 e. The maximum absolute atomic E-state index is 9.30. The van der Waals surface area contributed by atoms with Crippen molar-refractivity contribution in [1.82, 2.24) is 5.32 Å². The molecule has 3 heteroatoms. The number of aliphatic hydroxyl groups is 1. The van der Waals surface area contributed by atoms with Crippen LogP contribution in [0, 0.1) is 5.92 Å². The summed E-state index contributed by atoms with van der Waals surface area (Å²) < 4.78 is 5.91. The molecule has 0 bridgehead atoms. The highest BCUT2D eigenvalue weighted by Crippen LogP contribution is 2.29. The van der Waals surface area contributed by atoms with E-state index in [-0.39, 0.29) is 6.10 Å². The quantitative estimate of drug-likeness (QED) is 0.851. The third-order valence-corrected chi connectivity index (χ3v) is 4.22. The fourth-order valence-corrected chi connectivity index (χ4v) is 3.17. The molecular formula is C15H21NO2. The van der Waals surface area contributed by atoms with E-state index in [1.165, 1.54) is 18.4 Å². The minimum absolute atomic E-state index is 0.252. The lowest BCUT2D eigenvalue weighted by Crippen LogP contribution is -2.40. The zero-order valence-electron chi connectivity index (χ0n) is 10.6. The van der Waals surface area contributed by atoms with Gasteiger partial charge in [-0.05, 0) is 30.4 Å². The van der Waals surface area contributed by atoms with Gasteiger partial charge < -0.3 is 15.2 Å². The monoisotopic (exact) mass is 247 g/mol. The second kappa shape index (κ2) is 5.29. The number of para-hydroxylation sites is 1. The highest BCUT2D eigenvalue weighted by molar-refractivity contribution is 5.37. The van der Waals surface area contributed by atoms with E-state index < -0.39 is 0 Å². The number of rotatable bonds is 4. The van der Waals surface area contributed by atoms with Crippen LogP contribution in [-0.4, -0.2) is 30.4 Å². The molecular weight excluding hydrogens is 226 g/mol. The second-order valence-corrected chi connectivity index (χ2v) is 5.44. The standard InChI is InChI=1S/C15H21NO2/c17-10-12-5-3-6-14(12)16-9-13-8-11-4-1-2-7-15(11)18-13/h1-2,4,7,12-14,16-17H,3,5-6,8-10H2. The van der Waals surface area contributed by atoms with Gasteiger partial charge in [0.05, 0.1) is 0 Å². The number of hydrogen-bond acceptors (Lipinski definition) is 3. The molecule has 1 aliphatic heterocycles. The van der Waals surface area contributed by atoms with Crippen molar-refractivity contribution in [3.05, 3.63) is 29.8 Å². The molecule has 3 unspecified atom stereocenters. The van der Waals surface area contributed by atoms with Crippen LogP contribution in [0.4, 0.5) is 0 Å². The molecule has 2 aliphatic rings. The average Bonchev–Trinajstić information content (AvgIpc) is 3.01. The lowest BCUT2D eigenvalue weighted by molar-refractivity contribution is 0.184. The van der Waals surface area contributed by atoms with E-state index >= 15 is 0 Å². The molecule has 1 saturated carbocycles. The molecule has 0 aromatic heterocycles. The van der Waals surface area contributed by atoms with Gasteiger partial charge in [-0.2, -0.15) is 0 Å². The van der Waals surface area contributed by atoms with Crippen molar-refractivity contribution >= 4 is 0 Å². The van der Waals surface area contributed by atoms with Gasteiger partial charge in [-0.3, -0.25) is 0 Å². The third-order valence-electron chi connectivity index (χ3n) is 4.22. The van der Waals surface area contributed by atoms with Crippen LogP contribution in [0.2, 0.25) is 0 Å². The minimum Gasteiger partial charge on any atom is -0.488 e. The number of fused-ring (bicyclic) bond motifs is 1.